The van der Waals surface area contributed by atoms with Gasteiger partial charge in [0.1, 0.15) is 11.6 Å². The Kier molecular flexibility index (Phi) is 5.32. The average molecular weight is 309 g/mol. The minimum atomic E-state index is -0.607. The minimum absolute atomic E-state index is 0.0164. The van der Waals surface area contributed by atoms with Crippen LogP contribution in [0.5, 0.6) is 0 Å². The van der Waals surface area contributed by atoms with Gasteiger partial charge in [0.15, 0.2) is 0 Å². The maximum absolute atomic E-state index is 11.8. The monoisotopic (exact) mass is 309 g/mol. The van der Waals surface area contributed by atoms with Crippen molar-refractivity contribution in [1.29, 1.82) is 5.26 Å². The lowest BCUT2D eigenvalue weighted by Crippen LogP contribution is -2.06. The molecule has 5 nitrogen and oxygen atoms in total. The third kappa shape index (κ3) is 3.86. The van der Waals surface area contributed by atoms with Crippen LogP contribution in [-0.4, -0.2) is 22.4 Å². The van der Waals surface area contributed by atoms with Crippen LogP contribution in [0, 0.1) is 25.2 Å². The van der Waals surface area contributed by atoms with Gasteiger partial charge in [-0.15, -0.1) is 0 Å². The molecule has 23 heavy (non-hydrogen) atoms. The highest BCUT2D eigenvalue weighted by Crippen LogP contribution is 2.18. The van der Waals surface area contributed by atoms with Gasteiger partial charge in [0, 0.05) is 11.3 Å². The Labute approximate surface area is 135 Å². The van der Waals surface area contributed by atoms with Gasteiger partial charge in [0.05, 0.1) is 18.8 Å². The second-order valence-electron chi connectivity index (χ2n) is 5.12. The number of ether oxygens (including phenoxy) is 1. The van der Waals surface area contributed by atoms with Gasteiger partial charge in [-0.05, 0) is 32.4 Å². The van der Waals surface area contributed by atoms with Gasteiger partial charge in [-0.3, -0.25) is 4.68 Å². The summed E-state index contributed by atoms with van der Waals surface area (Å²) in [6.45, 7) is 6.38. The molecule has 0 atom stereocenters. The fourth-order valence-electron chi connectivity index (χ4n) is 2.32. The second-order valence-corrected chi connectivity index (χ2v) is 5.12. The molecular formula is C18H19N3O2. The number of carbonyl (C=O) groups is 1. The van der Waals surface area contributed by atoms with Crippen molar-refractivity contribution < 1.29 is 9.53 Å². The quantitative estimate of drug-likeness (QED) is 0.484. The van der Waals surface area contributed by atoms with Gasteiger partial charge >= 0.3 is 5.97 Å². The lowest BCUT2D eigenvalue weighted by molar-refractivity contribution is -0.137. The molecular weight excluding hydrogens is 290 g/mol. The predicted molar refractivity (Wildman–Crippen MR) is 87.5 cm³/mol. The van der Waals surface area contributed by atoms with Crippen LogP contribution >= 0.6 is 0 Å². The number of aromatic nitrogens is 2. The molecule has 0 saturated heterocycles. The molecule has 2 aromatic rings. The first kappa shape index (κ1) is 16.5. The molecule has 1 heterocycles. The van der Waals surface area contributed by atoms with Crippen LogP contribution in [0.4, 0.5) is 0 Å². The van der Waals surface area contributed by atoms with E-state index in [9.17, 15) is 4.79 Å². The number of nitrogens with zero attached hydrogens (tertiary/aromatic N) is 3. The Morgan fingerprint density at radius 1 is 1.35 bits per heavy atom. The predicted octanol–water partition coefficient (Wildman–Crippen LogP) is 3.02. The van der Waals surface area contributed by atoms with Gasteiger partial charge in [-0.2, -0.15) is 10.4 Å². The van der Waals surface area contributed by atoms with E-state index in [1.165, 1.54) is 0 Å². The molecule has 0 aliphatic carbocycles. The summed E-state index contributed by atoms with van der Waals surface area (Å²) in [5, 5.41) is 13.7. The lowest BCUT2D eigenvalue weighted by Gasteiger charge is -2.05. The van der Waals surface area contributed by atoms with Crippen molar-refractivity contribution in [3.05, 3.63) is 58.4 Å². The van der Waals surface area contributed by atoms with E-state index in [0.717, 1.165) is 22.5 Å². The van der Waals surface area contributed by atoms with E-state index in [2.05, 4.69) is 5.10 Å². The van der Waals surface area contributed by atoms with Crippen molar-refractivity contribution in [3.8, 4) is 6.07 Å². The van der Waals surface area contributed by atoms with Gasteiger partial charge in [0.25, 0.3) is 0 Å². The zero-order valence-electron chi connectivity index (χ0n) is 13.5. The summed E-state index contributed by atoms with van der Waals surface area (Å²) in [7, 11) is 0. The van der Waals surface area contributed by atoms with E-state index in [-0.39, 0.29) is 12.2 Å². The van der Waals surface area contributed by atoms with Crippen LogP contribution in [0.1, 0.15) is 29.4 Å². The van der Waals surface area contributed by atoms with Crippen molar-refractivity contribution >= 4 is 12.0 Å². The molecule has 0 aliphatic rings. The summed E-state index contributed by atoms with van der Waals surface area (Å²) >= 11 is 0. The number of benzene rings is 1. The lowest BCUT2D eigenvalue weighted by atomic mass is 10.1. The minimum Gasteiger partial charge on any atom is -0.462 e. The van der Waals surface area contributed by atoms with Gasteiger partial charge in [0.2, 0.25) is 0 Å². The first-order valence-electron chi connectivity index (χ1n) is 7.43. The Bertz CT molecular complexity index is 768. The number of carbonyl (C=O) groups excluding carboxylic acids is 1. The van der Waals surface area contributed by atoms with Crippen LogP contribution in [0.2, 0.25) is 0 Å². The number of esters is 1. The summed E-state index contributed by atoms with van der Waals surface area (Å²) in [6.07, 6.45) is 1.55. The van der Waals surface area contributed by atoms with Gasteiger partial charge in [-0.1, -0.05) is 30.3 Å². The first-order chi connectivity index (χ1) is 11.1. The highest BCUT2D eigenvalue weighted by atomic mass is 16.5. The Morgan fingerprint density at radius 2 is 2.04 bits per heavy atom. The molecule has 0 spiro atoms. The molecule has 0 radical (unpaired) electrons. The van der Waals surface area contributed by atoms with E-state index >= 15 is 0 Å². The maximum atomic E-state index is 11.8. The molecule has 5 heteroatoms. The second kappa shape index (κ2) is 7.41. The molecule has 0 bridgehead atoms. The molecule has 1 aromatic carbocycles. The van der Waals surface area contributed by atoms with Gasteiger partial charge < -0.3 is 4.74 Å². The molecule has 0 amide bonds. The van der Waals surface area contributed by atoms with E-state index in [0.29, 0.717) is 6.54 Å². The Morgan fingerprint density at radius 3 is 2.65 bits per heavy atom. The summed E-state index contributed by atoms with van der Waals surface area (Å²) < 4.78 is 6.76. The van der Waals surface area contributed by atoms with Crippen LogP contribution < -0.4 is 0 Å². The van der Waals surface area contributed by atoms with Gasteiger partial charge in [-0.25, -0.2) is 4.79 Å². The highest BCUT2D eigenvalue weighted by Gasteiger charge is 2.15. The molecule has 1 aromatic heterocycles. The van der Waals surface area contributed by atoms with E-state index in [4.69, 9.17) is 10.00 Å². The highest BCUT2D eigenvalue weighted by molar-refractivity contribution is 5.98. The zero-order valence-corrected chi connectivity index (χ0v) is 13.5. The standard InChI is InChI=1S/C18H19N3O2/c1-4-23-18(22)16(11-19)10-17-13(2)20-21(14(17)3)12-15-8-6-5-7-9-15/h5-10H,4,12H2,1-3H3/b16-10+. The summed E-state index contributed by atoms with van der Waals surface area (Å²) in [6, 6.07) is 11.9. The van der Waals surface area contributed by atoms with E-state index in [1.807, 2.05) is 54.9 Å². The van der Waals surface area contributed by atoms with Crippen molar-refractivity contribution in [2.75, 3.05) is 6.61 Å². The molecule has 0 unspecified atom stereocenters. The third-order valence-corrected chi connectivity index (χ3v) is 3.52. The molecule has 0 aliphatic heterocycles. The van der Waals surface area contributed by atoms with Crippen LogP contribution in [0.25, 0.3) is 6.08 Å². The number of rotatable bonds is 5. The van der Waals surface area contributed by atoms with Crippen LogP contribution in [-0.2, 0) is 16.1 Å². The zero-order chi connectivity index (χ0) is 16.8. The summed E-state index contributed by atoms with van der Waals surface area (Å²) in [5.74, 6) is -0.607. The van der Waals surface area contributed by atoms with Crippen molar-refractivity contribution in [2.24, 2.45) is 0 Å². The molecule has 0 fully saturated rings. The third-order valence-electron chi connectivity index (χ3n) is 3.52. The number of hydrogen-bond donors (Lipinski definition) is 0. The van der Waals surface area contributed by atoms with E-state index < -0.39 is 5.97 Å². The van der Waals surface area contributed by atoms with E-state index in [1.54, 1.807) is 13.0 Å². The Balaban J connectivity index is 2.34. The molecule has 0 N–H and O–H groups in total. The summed E-state index contributed by atoms with van der Waals surface area (Å²) in [5.41, 5.74) is 3.58. The molecule has 0 saturated carbocycles. The van der Waals surface area contributed by atoms with Crippen molar-refractivity contribution in [2.45, 2.75) is 27.3 Å². The van der Waals surface area contributed by atoms with Crippen LogP contribution in [0.15, 0.2) is 35.9 Å². The number of aryl methyl sites for hydroxylation is 1. The molecule has 118 valence electrons. The average Bonchev–Trinajstić information content (AvgIpc) is 2.80. The number of hydrogen-bond acceptors (Lipinski definition) is 4. The maximum Gasteiger partial charge on any atom is 0.348 e. The SMILES string of the molecule is CCOC(=O)/C(C#N)=C/c1c(C)nn(Cc2ccccc2)c1C. The fraction of sp³-hybridized carbons (Fsp3) is 0.278. The van der Waals surface area contributed by atoms with Crippen LogP contribution in [0.3, 0.4) is 0 Å². The van der Waals surface area contributed by atoms with Crippen molar-refractivity contribution in [1.82, 2.24) is 9.78 Å². The first-order valence-corrected chi connectivity index (χ1v) is 7.43. The number of nitriles is 1. The smallest absolute Gasteiger partial charge is 0.348 e. The largest absolute Gasteiger partial charge is 0.462 e. The fourth-order valence-corrected chi connectivity index (χ4v) is 2.32. The Hall–Kier alpha value is -2.87. The van der Waals surface area contributed by atoms with Crippen molar-refractivity contribution in [3.63, 3.8) is 0 Å². The molecule has 2 rings (SSSR count). The normalized spacial score (nSPS) is 11.1. The summed E-state index contributed by atoms with van der Waals surface area (Å²) in [4.78, 5) is 11.8. The topological polar surface area (TPSA) is 67.9 Å².